The lowest BCUT2D eigenvalue weighted by Gasteiger charge is -2.31. The zero-order valence-electron chi connectivity index (χ0n) is 19.7. The number of anilines is 1. The van der Waals surface area contributed by atoms with Gasteiger partial charge in [0, 0.05) is 64.3 Å². The molecule has 1 aliphatic carbocycles. The number of rotatable bonds is 8. The molecule has 2 aromatic rings. The maximum absolute atomic E-state index is 12.7. The first-order chi connectivity index (χ1) is 16.1. The van der Waals surface area contributed by atoms with E-state index < -0.39 is 0 Å². The van der Waals surface area contributed by atoms with Crippen molar-refractivity contribution in [1.82, 2.24) is 25.1 Å². The van der Waals surface area contributed by atoms with Crippen LogP contribution < -0.4 is 10.2 Å². The Kier molecular flexibility index (Phi) is 8.50. The molecule has 180 valence electrons. The minimum atomic E-state index is -0.0289. The second-order valence-corrected chi connectivity index (χ2v) is 10.1. The van der Waals surface area contributed by atoms with Crippen molar-refractivity contribution in [2.75, 3.05) is 51.2 Å². The van der Waals surface area contributed by atoms with Gasteiger partial charge in [-0.05, 0) is 38.4 Å². The second kappa shape index (κ2) is 11.7. The molecule has 9 heteroatoms. The molecule has 2 amide bonds. The van der Waals surface area contributed by atoms with Crippen LogP contribution in [0.25, 0.3) is 10.3 Å². The quantitative estimate of drug-likeness (QED) is 0.636. The van der Waals surface area contributed by atoms with Crippen molar-refractivity contribution in [2.24, 2.45) is 0 Å². The van der Waals surface area contributed by atoms with Crippen molar-refractivity contribution in [3.63, 3.8) is 0 Å². The fourth-order valence-electron chi connectivity index (χ4n) is 4.79. The van der Waals surface area contributed by atoms with Crippen LogP contribution in [0.15, 0.2) is 18.3 Å². The van der Waals surface area contributed by atoms with Gasteiger partial charge in [0.25, 0.3) is 0 Å². The van der Waals surface area contributed by atoms with E-state index in [9.17, 15) is 9.59 Å². The summed E-state index contributed by atoms with van der Waals surface area (Å²) in [4.78, 5) is 41.5. The Morgan fingerprint density at radius 1 is 1.12 bits per heavy atom. The standard InChI is InChI=1S/C24H36N6O2S/c1-28(19-7-3-2-4-8-19)16-13-25-21(31)10-11-22(32)29-14-6-15-30(18-17-29)24-27-20-9-5-12-26-23(20)33-24/h5,9,12,19H,2-4,6-8,10-11,13-18H2,1H3,(H,25,31). The molecule has 8 nitrogen and oxygen atoms in total. The van der Waals surface area contributed by atoms with Crippen LogP contribution in [0.2, 0.25) is 0 Å². The lowest BCUT2D eigenvalue weighted by molar-refractivity contribution is -0.133. The van der Waals surface area contributed by atoms with Gasteiger partial charge in [-0.1, -0.05) is 30.6 Å². The van der Waals surface area contributed by atoms with Crippen LogP contribution in [0.5, 0.6) is 0 Å². The van der Waals surface area contributed by atoms with E-state index >= 15 is 0 Å². The van der Waals surface area contributed by atoms with Crippen molar-refractivity contribution >= 4 is 38.6 Å². The van der Waals surface area contributed by atoms with Gasteiger partial charge >= 0.3 is 0 Å². The number of fused-ring (bicyclic) bond motifs is 1. The minimum absolute atomic E-state index is 0.0289. The third-order valence-corrected chi connectivity index (χ3v) is 7.86. The number of carbonyl (C=O) groups excluding carboxylic acids is 2. The molecular weight excluding hydrogens is 436 g/mol. The number of carbonyl (C=O) groups is 2. The van der Waals surface area contributed by atoms with Crippen LogP contribution in [0.4, 0.5) is 5.13 Å². The molecular formula is C24H36N6O2S. The number of thiazole rings is 1. The number of nitrogens with zero attached hydrogens (tertiary/aromatic N) is 5. The Bertz CT molecular complexity index is 896. The topological polar surface area (TPSA) is 81.7 Å². The zero-order valence-corrected chi connectivity index (χ0v) is 20.5. The Balaban J connectivity index is 1.16. The first-order valence-electron chi connectivity index (χ1n) is 12.3. The maximum atomic E-state index is 12.7. The Morgan fingerprint density at radius 2 is 1.97 bits per heavy atom. The molecule has 1 aliphatic heterocycles. The zero-order chi connectivity index (χ0) is 23.0. The Morgan fingerprint density at radius 3 is 2.79 bits per heavy atom. The van der Waals surface area contributed by atoms with Gasteiger partial charge in [-0.25, -0.2) is 9.97 Å². The summed E-state index contributed by atoms with van der Waals surface area (Å²) in [6.07, 6.45) is 9.73. The SMILES string of the molecule is CN(CCNC(=O)CCC(=O)N1CCCN(c2nc3cccnc3s2)CC1)C1CCCCC1. The van der Waals surface area contributed by atoms with Crippen molar-refractivity contribution in [1.29, 1.82) is 0 Å². The molecule has 0 spiro atoms. The monoisotopic (exact) mass is 472 g/mol. The number of nitrogens with one attached hydrogen (secondary N) is 1. The van der Waals surface area contributed by atoms with Gasteiger partial charge in [-0.2, -0.15) is 0 Å². The van der Waals surface area contributed by atoms with Crippen molar-refractivity contribution < 1.29 is 9.59 Å². The smallest absolute Gasteiger partial charge is 0.223 e. The van der Waals surface area contributed by atoms with Gasteiger partial charge < -0.3 is 20.0 Å². The van der Waals surface area contributed by atoms with E-state index in [0.29, 0.717) is 19.1 Å². The van der Waals surface area contributed by atoms with Crippen molar-refractivity contribution in [2.45, 2.75) is 57.4 Å². The van der Waals surface area contributed by atoms with E-state index in [1.54, 1.807) is 17.5 Å². The fraction of sp³-hybridized carbons (Fsp3) is 0.667. The number of aromatic nitrogens is 2. The molecule has 4 rings (SSSR count). The van der Waals surface area contributed by atoms with Crippen molar-refractivity contribution in [3.8, 4) is 0 Å². The normalized spacial score (nSPS) is 18.0. The molecule has 1 saturated heterocycles. The van der Waals surface area contributed by atoms with Gasteiger partial charge in [0.15, 0.2) is 5.13 Å². The minimum Gasteiger partial charge on any atom is -0.355 e. The highest BCUT2D eigenvalue weighted by Crippen LogP contribution is 2.27. The molecule has 33 heavy (non-hydrogen) atoms. The van der Waals surface area contributed by atoms with Crippen LogP contribution in [-0.2, 0) is 9.59 Å². The third-order valence-electron chi connectivity index (χ3n) is 6.82. The first-order valence-corrected chi connectivity index (χ1v) is 13.1. The number of hydrogen-bond donors (Lipinski definition) is 1. The Labute approximate surface area is 200 Å². The molecule has 0 atom stereocenters. The summed E-state index contributed by atoms with van der Waals surface area (Å²) in [5.41, 5.74) is 0.922. The molecule has 0 unspecified atom stereocenters. The van der Waals surface area contributed by atoms with Crippen molar-refractivity contribution in [3.05, 3.63) is 18.3 Å². The largest absolute Gasteiger partial charge is 0.355 e. The molecule has 3 heterocycles. The molecule has 1 N–H and O–H groups in total. The van der Waals surface area contributed by atoms with E-state index in [4.69, 9.17) is 4.98 Å². The molecule has 2 fully saturated rings. The first kappa shape index (κ1) is 23.9. The van der Waals surface area contributed by atoms with Gasteiger partial charge in [-0.3, -0.25) is 9.59 Å². The number of amides is 2. The van der Waals surface area contributed by atoms with Crippen LogP contribution in [0, 0.1) is 0 Å². The van der Waals surface area contributed by atoms with Crippen LogP contribution in [-0.4, -0.2) is 83.9 Å². The summed E-state index contributed by atoms with van der Waals surface area (Å²) in [6.45, 7) is 4.54. The summed E-state index contributed by atoms with van der Waals surface area (Å²) >= 11 is 1.60. The van der Waals surface area contributed by atoms with Gasteiger partial charge in [0.1, 0.15) is 10.3 Å². The van der Waals surface area contributed by atoms with E-state index in [0.717, 1.165) is 48.1 Å². The summed E-state index contributed by atoms with van der Waals surface area (Å²) in [7, 11) is 2.15. The van der Waals surface area contributed by atoms with Crippen LogP contribution in [0.1, 0.15) is 51.4 Å². The average Bonchev–Trinajstić information content (AvgIpc) is 3.12. The molecule has 0 bridgehead atoms. The molecule has 1 saturated carbocycles. The highest BCUT2D eigenvalue weighted by molar-refractivity contribution is 7.21. The van der Waals surface area contributed by atoms with Crippen LogP contribution >= 0.6 is 11.3 Å². The number of likely N-dealkylation sites (N-methyl/N-ethyl adjacent to an activating group) is 1. The van der Waals surface area contributed by atoms with Crippen LogP contribution in [0.3, 0.4) is 0 Å². The van der Waals surface area contributed by atoms with E-state index in [1.807, 2.05) is 17.0 Å². The molecule has 0 radical (unpaired) electrons. The van der Waals surface area contributed by atoms with Gasteiger partial charge in [0.2, 0.25) is 11.8 Å². The Hall–Kier alpha value is -2.26. The lowest BCUT2D eigenvalue weighted by atomic mass is 9.94. The maximum Gasteiger partial charge on any atom is 0.223 e. The third kappa shape index (κ3) is 6.63. The second-order valence-electron chi connectivity index (χ2n) is 9.17. The average molecular weight is 473 g/mol. The number of hydrogen-bond acceptors (Lipinski definition) is 7. The summed E-state index contributed by atoms with van der Waals surface area (Å²) in [6, 6.07) is 4.54. The predicted octanol–water partition coefficient (Wildman–Crippen LogP) is 2.89. The van der Waals surface area contributed by atoms with Gasteiger partial charge in [0.05, 0.1) is 0 Å². The summed E-state index contributed by atoms with van der Waals surface area (Å²) in [5.74, 6) is 0.0381. The lowest BCUT2D eigenvalue weighted by Crippen LogP contribution is -2.40. The van der Waals surface area contributed by atoms with E-state index in [1.165, 1.54) is 32.1 Å². The van der Waals surface area contributed by atoms with Gasteiger partial charge in [-0.15, -0.1) is 0 Å². The predicted molar refractivity (Wildman–Crippen MR) is 133 cm³/mol. The molecule has 2 aromatic heterocycles. The van der Waals surface area contributed by atoms with E-state index in [-0.39, 0.29) is 24.7 Å². The molecule has 0 aromatic carbocycles. The number of pyridine rings is 1. The fourth-order valence-corrected chi connectivity index (χ4v) is 5.76. The summed E-state index contributed by atoms with van der Waals surface area (Å²) < 4.78 is 0. The molecule has 2 aliphatic rings. The summed E-state index contributed by atoms with van der Waals surface area (Å²) in [5, 5.41) is 3.96. The highest BCUT2D eigenvalue weighted by Gasteiger charge is 2.22. The van der Waals surface area contributed by atoms with E-state index in [2.05, 4.69) is 27.1 Å². The highest BCUT2D eigenvalue weighted by atomic mass is 32.1.